The average Bonchev–Trinajstić information content (AvgIpc) is 2.69. The van der Waals surface area contributed by atoms with E-state index in [-0.39, 0.29) is 27.4 Å². The molecule has 0 saturated carbocycles. The first-order valence-electron chi connectivity index (χ1n) is 8.84. The van der Waals surface area contributed by atoms with Crippen molar-refractivity contribution in [2.24, 2.45) is 0 Å². The zero-order valence-electron chi connectivity index (χ0n) is 15.0. The fraction of sp³-hybridized carbons (Fsp3) is 0.316. The van der Waals surface area contributed by atoms with Crippen LogP contribution in [0.4, 0.5) is 10.1 Å². The number of hydrogen-bond acceptors (Lipinski definition) is 4. The number of amides is 1. The summed E-state index contributed by atoms with van der Waals surface area (Å²) in [6, 6.07) is 10.3. The maximum Gasteiger partial charge on any atom is 0.244 e. The molecule has 1 saturated heterocycles. The Kier molecular flexibility index (Phi) is 6.98. The number of carbonyl (C=O) groups is 1. The number of carbonyl (C=O) groups excluding carboxylic acids is 1. The van der Waals surface area contributed by atoms with E-state index >= 15 is 0 Å². The van der Waals surface area contributed by atoms with Gasteiger partial charge in [-0.3, -0.25) is 4.79 Å². The summed E-state index contributed by atoms with van der Waals surface area (Å²) in [5.74, 6) is -0.516. The van der Waals surface area contributed by atoms with Gasteiger partial charge in [0.25, 0.3) is 0 Å². The molecule has 1 aliphatic rings. The zero-order chi connectivity index (χ0) is 20.1. The van der Waals surface area contributed by atoms with Gasteiger partial charge in [0.1, 0.15) is 10.7 Å². The Hall–Kier alpha value is -1.61. The minimum atomic E-state index is -3.70. The molecule has 0 aliphatic carbocycles. The van der Waals surface area contributed by atoms with Crippen LogP contribution in [0, 0.1) is 5.82 Å². The van der Waals surface area contributed by atoms with E-state index in [0.717, 1.165) is 24.2 Å². The molecular weight excluding hydrogens is 423 g/mol. The molecule has 3 rings (SSSR count). The van der Waals surface area contributed by atoms with Crippen molar-refractivity contribution in [3.05, 3.63) is 53.3 Å². The molecule has 0 unspecified atom stereocenters. The molecule has 1 fully saturated rings. The summed E-state index contributed by atoms with van der Waals surface area (Å²) < 4.78 is 40.1. The predicted octanol–water partition coefficient (Wildman–Crippen LogP) is 4.38. The number of rotatable bonds is 6. The smallest absolute Gasteiger partial charge is 0.244 e. The fourth-order valence-electron chi connectivity index (χ4n) is 2.90. The highest BCUT2D eigenvalue weighted by Crippen LogP contribution is 2.29. The molecule has 2 aromatic rings. The standard InChI is InChI=1S/C19H20ClFN2O3S2/c20-17-9-6-15(12-18(17)28(25,26)23-10-2-1-3-11-23)22-19(24)13-27-16-7-4-14(21)5-8-16/h4-9,12H,1-3,10-11,13H2,(H,22,24). The topological polar surface area (TPSA) is 66.5 Å². The van der Waals surface area contributed by atoms with E-state index in [1.807, 2.05) is 0 Å². The van der Waals surface area contributed by atoms with Crippen LogP contribution < -0.4 is 5.32 Å². The molecule has 2 aromatic carbocycles. The maximum absolute atomic E-state index is 12.9. The summed E-state index contributed by atoms with van der Waals surface area (Å²) in [5.41, 5.74) is 0.365. The van der Waals surface area contributed by atoms with Gasteiger partial charge in [0.15, 0.2) is 0 Å². The highest BCUT2D eigenvalue weighted by atomic mass is 35.5. The fourth-order valence-corrected chi connectivity index (χ4v) is 5.62. The Morgan fingerprint density at radius 1 is 1.11 bits per heavy atom. The third kappa shape index (κ3) is 5.26. The quantitative estimate of drug-likeness (QED) is 0.674. The van der Waals surface area contributed by atoms with E-state index in [1.54, 1.807) is 18.2 Å². The molecule has 150 valence electrons. The summed E-state index contributed by atoms with van der Waals surface area (Å²) in [4.78, 5) is 13.0. The normalized spacial score (nSPS) is 15.4. The molecule has 9 heteroatoms. The summed E-state index contributed by atoms with van der Waals surface area (Å²) in [5, 5.41) is 2.82. The van der Waals surface area contributed by atoms with Crippen molar-refractivity contribution in [1.82, 2.24) is 4.31 Å². The Labute approximate surface area is 173 Å². The van der Waals surface area contributed by atoms with Crippen molar-refractivity contribution in [2.45, 2.75) is 29.1 Å². The van der Waals surface area contributed by atoms with Crippen molar-refractivity contribution in [3.63, 3.8) is 0 Å². The number of halogens is 2. The van der Waals surface area contributed by atoms with Crippen LogP contribution in [0.3, 0.4) is 0 Å². The lowest BCUT2D eigenvalue weighted by molar-refractivity contribution is -0.113. The Morgan fingerprint density at radius 2 is 1.79 bits per heavy atom. The highest BCUT2D eigenvalue weighted by Gasteiger charge is 2.28. The molecule has 0 bridgehead atoms. The minimum Gasteiger partial charge on any atom is -0.325 e. The Morgan fingerprint density at radius 3 is 2.46 bits per heavy atom. The van der Waals surface area contributed by atoms with Crippen molar-refractivity contribution in [3.8, 4) is 0 Å². The number of thioether (sulfide) groups is 1. The number of nitrogens with one attached hydrogen (secondary N) is 1. The van der Waals surface area contributed by atoms with Crippen LogP contribution in [0.1, 0.15) is 19.3 Å². The SMILES string of the molecule is O=C(CSc1ccc(F)cc1)Nc1ccc(Cl)c(S(=O)(=O)N2CCCCC2)c1. The second-order valence-electron chi connectivity index (χ2n) is 6.40. The van der Waals surface area contributed by atoms with Crippen molar-refractivity contribution >= 4 is 45.0 Å². The first kappa shape index (κ1) is 21.1. The molecule has 0 spiro atoms. The summed E-state index contributed by atoms with van der Waals surface area (Å²) in [6.07, 6.45) is 2.67. The van der Waals surface area contributed by atoms with Gasteiger partial charge < -0.3 is 5.32 Å². The van der Waals surface area contributed by atoms with Crippen molar-refractivity contribution in [1.29, 1.82) is 0 Å². The highest BCUT2D eigenvalue weighted by molar-refractivity contribution is 8.00. The first-order valence-corrected chi connectivity index (χ1v) is 11.6. The number of nitrogens with zero attached hydrogens (tertiary/aromatic N) is 1. The molecule has 1 amide bonds. The predicted molar refractivity (Wildman–Crippen MR) is 110 cm³/mol. The third-order valence-corrected chi connectivity index (χ3v) is 7.72. The second kappa shape index (κ2) is 9.26. The van der Waals surface area contributed by atoms with Crippen molar-refractivity contribution in [2.75, 3.05) is 24.2 Å². The molecule has 0 radical (unpaired) electrons. The lowest BCUT2D eigenvalue weighted by Crippen LogP contribution is -2.35. The molecule has 28 heavy (non-hydrogen) atoms. The average molecular weight is 443 g/mol. The number of anilines is 1. The Bertz CT molecular complexity index is 946. The zero-order valence-corrected chi connectivity index (χ0v) is 17.4. The number of hydrogen-bond donors (Lipinski definition) is 1. The van der Waals surface area contributed by atoms with Gasteiger partial charge in [0, 0.05) is 23.7 Å². The van der Waals surface area contributed by atoms with Crippen LogP contribution in [0.25, 0.3) is 0 Å². The van der Waals surface area contributed by atoms with E-state index in [9.17, 15) is 17.6 Å². The van der Waals surface area contributed by atoms with Gasteiger partial charge in [0.2, 0.25) is 15.9 Å². The summed E-state index contributed by atoms with van der Waals surface area (Å²) in [7, 11) is -3.70. The van der Waals surface area contributed by atoms with Crippen molar-refractivity contribution < 1.29 is 17.6 Å². The van der Waals surface area contributed by atoms with Gasteiger partial charge in [-0.25, -0.2) is 12.8 Å². The number of piperidine rings is 1. The van der Waals surface area contributed by atoms with Gasteiger partial charge in [-0.15, -0.1) is 11.8 Å². The van der Waals surface area contributed by atoms with E-state index in [0.29, 0.717) is 18.8 Å². The van der Waals surface area contributed by atoms with E-state index in [4.69, 9.17) is 11.6 Å². The molecule has 5 nitrogen and oxygen atoms in total. The monoisotopic (exact) mass is 442 g/mol. The minimum absolute atomic E-state index is 0.0000503. The molecule has 0 atom stereocenters. The molecule has 1 aliphatic heterocycles. The summed E-state index contributed by atoms with van der Waals surface area (Å²) >= 11 is 7.40. The lowest BCUT2D eigenvalue weighted by Gasteiger charge is -2.26. The van der Waals surface area contributed by atoms with Crippen LogP contribution >= 0.6 is 23.4 Å². The molecule has 0 aromatic heterocycles. The number of benzene rings is 2. The van der Waals surface area contributed by atoms with Crippen LogP contribution in [-0.2, 0) is 14.8 Å². The maximum atomic E-state index is 12.9. The Balaban J connectivity index is 1.68. The molecular formula is C19H20ClFN2O3S2. The van der Waals surface area contributed by atoms with Crippen LogP contribution in [-0.4, -0.2) is 37.5 Å². The van der Waals surface area contributed by atoms with Gasteiger partial charge in [-0.2, -0.15) is 4.31 Å². The van der Waals surface area contributed by atoms with Crippen LogP contribution in [0.5, 0.6) is 0 Å². The van der Waals surface area contributed by atoms with Crippen LogP contribution in [0.15, 0.2) is 52.3 Å². The van der Waals surface area contributed by atoms with E-state index in [2.05, 4.69) is 5.32 Å². The van der Waals surface area contributed by atoms with Gasteiger partial charge in [0.05, 0.1) is 10.8 Å². The van der Waals surface area contributed by atoms with E-state index < -0.39 is 10.0 Å². The lowest BCUT2D eigenvalue weighted by atomic mass is 10.2. The van der Waals surface area contributed by atoms with Gasteiger partial charge >= 0.3 is 0 Å². The van der Waals surface area contributed by atoms with E-state index in [1.165, 1.54) is 40.3 Å². The third-order valence-electron chi connectivity index (χ3n) is 4.33. The van der Waals surface area contributed by atoms with Crippen LogP contribution in [0.2, 0.25) is 5.02 Å². The summed E-state index contributed by atoms with van der Waals surface area (Å²) in [6.45, 7) is 0.952. The molecule has 1 heterocycles. The second-order valence-corrected chi connectivity index (χ2v) is 9.76. The molecule has 1 N–H and O–H groups in total. The van der Waals surface area contributed by atoms with Gasteiger partial charge in [-0.1, -0.05) is 18.0 Å². The first-order chi connectivity index (χ1) is 13.4. The number of sulfonamides is 1. The van der Waals surface area contributed by atoms with Gasteiger partial charge in [-0.05, 0) is 55.3 Å². The largest absolute Gasteiger partial charge is 0.325 e.